The summed E-state index contributed by atoms with van der Waals surface area (Å²) in [5.41, 5.74) is 2.86. The minimum atomic E-state index is -0.479. The molecule has 0 saturated heterocycles. The van der Waals surface area contributed by atoms with Gasteiger partial charge in [-0.2, -0.15) is 0 Å². The maximum atomic E-state index is 12.3. The number of nitrogens with zero attached hydrogens (tertiary/aromatic N) is 3. The molecule has 2 aromatic carbocycles. The van der Waals surface area contributed by atoms with Gasteiger partial charge in [0, 0.05) is 22.9 Å². The van der Waals surface area contributed by atoms with Crippen LogP contribution in [0.5, 0.6) is 0 Å². The molecule has 0 aliphatic rings. The zero-order valence-corrected chi connectivity index (χ0v) is 16.3. The van der Waals surface area contributed by atoms with Crippen LogP contribution >= 0.6 is 23.1 Å². The van der Waals surface area contributed by atoms with Crippen LogP contribution in [0.3, 0.4) is 0 Å². The van der Waals surface area contributed by atoms with Gasteiger partial charge in [0.15, 0.2) is 10.1 Å². The number of carbonyl (C=O) groups excluding carboxylic acids is 1. The van der Waals surface area contributed by atoms with Gasteiger partial charge in [-0.05, 0) is 31.5 Å². The minimum absolute atomic E-state index is 0.0496. The number of nitrogens with one attached hydrogen (secondary N) is 1. The van der Waals surface area contributed by atoms with Gasteiger partial charge in [0.1, 0.15) is 0 Å². The highest BCUT2D eigenvalue weighted by Gasteiger charge is 2.16. The molecule has 27 heavy (non-hydrogen) atoms. The highest BCUT2D eigenvalue weighted by Crippen LogP contribution is 2.29. The third-order valence-electron chi connectivity index (χ3n) is 3.73. The average molecular weight is 400 g/mol. The molecule has 0 fully saturated rings. The van der Waals surface area contributed by atoms with E-state index in [1.54, 1.807) is 19.1 Å². The second-order valence-corrected chi connectivity index (χ2v) is 8.04. The number of hydrogen-bond donors (Lipinski definition) is 1. The monoisotopic (exact) mass is 400 g/mol. The molecular weight excluding hydrogens is 384 g/mol. The van der Waals surface area contributed by atoms with E-state index < -0.39 is 4.92 Å². The third kappa shape index (κ3) is 4.89. The van der Waals surface area contributed by atoms with E-state index in [1.807, 2.05) is 31.2 Å². The first-order chi connectivity index (χ1) is 12.9. The summed E-state index contributed by atoms with van der Waals surface area (Å²) >= 11 is 2.61. The number of ketones is 1. The normalized spacial score (nSPS) is 10.6. The van der Waals surface area contributed by atoms with Crippen LogP contribution in [0, 0.1) is 24.0 Å². The van der Waals surface area contributed by atoms with Gasteiger partial charge in [-0.15, -0.1) is 10.2 Å². The number of nitro benzene ring substituents is 1. The van der Waals surface area contributed by atoms with Crippen LogP contribution in [0.15, 0.2) is 46.8 Å². The van der Waals surface area contributed by atoms with Crippen molar-refractivity contribution in [3.63, 3.8) is 0 Å². The van der Waals surface area contributed by atoms with E-state index in [-0.39, 0.29) is 17.2 Å². The fourth-order valence-corrected chi connectivity index (χ4v) is 4.02. The number of hydrogen-bond acceptors (Lipinski definition) is 8. The van der Waals surface area contributed by atoms with E-state index in [9.17, 15) is 14.9 Å². The molecule has 0 unspecified atom stereocenters. The molecule has 3 rings (SSSR count). The fraction of sp³-hybridized carbons (Fsp3) is 0.167. The third-order valence-corrected chi connectivity index (χ3v) is 5.70. The molecule has 1 heterocycles. The lowest BCUT2D eigenvalue weighted by molar-refractivity contribution is -0.385. The van der Waals surface area contributed by atoms with Crippen LogP contribution in [0.1, 0.15) is 21.5 Å². The van der Waals surface area contributed by atoms with Gasteiger partial charge >= 0.3 is 0 Å². The van der Waals surface area contributed by atoms with E-state index in [0.29, 0.717) is 20.6 Å². The molecule has 3 aromatic rings. The van der Waals surface area contributed by atoms with Crippen LogP contribution < -0.4 is 5.32 Å². The fourth-order valence-electron chi connectivity index (χ4n) is 2.36. The standard InChI is InChI=1S/C18H16N4O3S2/c1-11-4-3-5-14(8-11)19-17-20-21-18(27-17)26-10-16(23)13-7-6-12(2)15(9-13)22(24)25/h3-9H,10H2,1-2H3,(H,19,20). The summed E-state index contributed by atoms with van der Waals surface area (Å²) in [5, 5.41) is 23.0. The van der Waals surface area contributed by atoms with E-state index in [1.165, 1.54) is 29.2 Å². The lowest BCUT2D eigenvalue weighted by atomic mass is 10.1. The summed E-state index contributed by atoms with van der Waals surface area (Å²) in [4.78, 5) is 22.9. The Bertz CT molecular complexity index is 1000. The first-order valence-corrected chi connectivity index (χ1v) is 9.81. The van der Waals surface area contributed by atoms with E-state index in [4.69, 9.17) is 0 Å². The Hall–Kier alpha value is -2.78. The van der Waals surface area contributed by atoms with Crippen molar-refractivity contribution in [2.45, 2.75) is 18.2 Å². The maximum absolute atomic E-state index is 12.3. The lowest BCUT2D eigenvalue weighted by Crippen LogP contribution is -2.04. The van der Waals surface area contributed by atoms with Crippen molar-refractivity contribution in [3.05, 3.63) is 69.3 Å². The summed E-state index contributed by atoms with van der Waals surface area (Å²) in [6, 6.07) is 12.4. The molecule has 0 atom stereocenters. The summed E-state index contributed by atoms with van der Waals surface area (Å²) in [5.74, 6) is -0.0502. The lowest BCUT2D eigenvalue weighted by Gasteiger charge is -2.02. The SMILES string of the molecule is Cc1cccc(Nc2nnc(SCC(=O)c3ccc(C)c([N+](=O)[O-])c3)s2)c1. The molecule has 1 N–H and O–H groups in total. The molecule has 138 valence electrons. The Morgan fingerprint density at radius 3 is 2.78 bits per heavy atom. The van der Waals surface area contributed by atoms with Gasteiger partial charge in [0.25, 0.3) is 5.69 Å². The highest BCUT2D eigenvalue weighted by atomic mass is 32.2. The maximum Gasteiger partial charge on any atom is 0.273 e. The molecule has 0 spiro atoms. The number of benzene rings is 2. The first-order valence-electron chi connectivity index (χ1n) is 8.00. The predicted octanol–water partition coefficient (Wildman–Crippen LogP) is 4.78. The molecule has 0 amide bonds. The zero-order valence-electron chi connectivity index (χ0n) is 14.6. The molecule has 0 aliphatic carbocycles. The van der Waals surface area contributed by atoms with Gasteiger partial charge in [-0.25, -0.2) is 0 Å². The van der Waals surface area contributed by atoms with E-state index in [2.05, 4.69) is 15.5 Å². The van der Waals surface area contributed by atoms with Crippen molar-refractivity contribution in [2.75, 3.05) is 11.1 Å². The number of rotatable bonds is 7. The molecule has 0 bridgehead atoms. The summed E-state index contributed by atoms with van der Waals surface area (Å²) < 4.78 is 0.653. The number of anilines is 2. The number of aryl methyl sites for hydroxylation is 2. The van der Waals surface area contributed by atoms with Crippen LogP contribution in [-0.2, 0) is 0 Å². The van der Waals surface area contributed by atoms with Gasteiger partial charge in [-0.1, -0.05) is 47.4 Å². The van der Waals surface area contributed by atoms with E-state index in [0.717, 1.165) is 11.3 Å². The van der Waals surface area contributed by atoms with Gasteiger partial charge in [0.05, 0.1) is 10.7 Å². The smallest absolute Gasteiger partial charge is 0.273 e. The predicted molar refractivity (Wildman–Crippen MR) is 107 cm³/mol. The largest absolute Gasteiger partial charge is 0.330 e. The highest BCUT2D eigenvalue weighted by molar-refractivity contribution is 8.01. The average Bonchev–Trinajstić information content (AvgIpc) is 3.07. The Kier molecular flexibility index (Phi) is 5.82. The summed E-state index contributed by atoms with van der Waals surface area (Å²) in [7, 11) is 0. The van der Waals surface area contributed by atoms with Crippen LogP contribution in [0.2, 0.25) is 0 Å². The number of aromatic nitrogens is 2. The van der Waals surface area contributed by atoms with Gasteiger partial charge in [0.2, 0.25) is 5.13 Å². The number of carbonyl (C=O) groups is 1. The molecule has 7 nitrogen and oxygen atoms in total. The molecule has 9 heteroatoms. The van der Waals surface area contributed by atoms with Gasteiger partial charge in [-0.3, -0.25) is 14.9 Å². The van der Waals surface area contributed by atoms with Crippen molar-refractivity contribution < 1.29 is 9.72 Å². The van der Waals surface area contributed by atoms with Crippen molar-refractivity contribution in [1.29, 1.82) is 0 Å². The molecule has 1 aromatic heterocycles. The molecule has 0 saturated carbocycles. The van der Waals surface area contributed by atoms with Crippen molar-refractivity contribution in [1.82, 2.24) is 10.2 Å². The number of nitro groups is 1. The Balaban J connectivity index is 1.62. The van der Waals surface area contributed by atoms with Crippen LogP contribution in [0.4, 0.5) is 16.5 Å². The summed E-state index contributed by atoms with van der Waals surface area (Å²) in [6.07, 6.45) is 0. The number of Topliss-reactive ketones (excluding diaryl/α,β-unsaturated/α-hetero) is 1. The van der Waals surface area contributed by atoms with Crippen LogP contribution in [0.25, 0.3) is 0 Å². The minimum Gasteiger partial charge on any atom is -0.330 e. The van der Waals surface area contributed by atoms with Gasteiger partial charge < -0.3 is 5.32 Å². The van der Waals surface area contributed by atoms with Crippen molar-refractivity contribution >= 4 is 45.4 Å². The topological polar surface area (TPSA) is 98.0 Å². The van der Waals surface area contributed by atoms with Crippen molar-refractivity contribution in [3.8, 4) is 0 Å². The molecule has 0 radical (unpaired) electrons. The van der Waals surface area contributed by atoms with Crippen molar-refractivity contribution in [2.24, 2.45) is 0 Å². The Morgan fingerprint density at radius 2 is 2.04 bits per heavy atom. The number of thioether (sulfide) groups is 1. The zero-order chi connectivity index (χ0) is 19.4. The second kappa shape index (κ2) is 8.28. The first kappa shape index (κ1) is 19.0. The van der Waals surface area contributed by atoms with Crippen LogP contribution in [-0.4, -0.2) is 26.7 Å². The Morgan fingerprint density at radius 1 is 1.22 bits per heavy atom. The Labute approximate surface area is 164 Å². The molecular formula is C18H16N4O3S2. The van der Waals surface area contributed by atoms with E-state index >= 15 is 0 Å². The second-order valence-electron chi connectivity index (χ2n) is 5.84. The molecule has 0 aliphatic heterocycles. The summed E-state index contributed by atoms with van der Waals surface area (Å²) in [6.45, 7) is 3.65. The quantitative estimate of drug-likeness (QED) is 0.264.